The molecule has 1 unspecified atom stereocenters. The van der Waals surface area contributed by atoms with Crippen molar-refractivity contribution < 1.29 is 27.8 Å². The number of aromatic nitrogens is 6. The van der Waals surface area contributed by atoms with Crippen LogP contribution in [0.2, 0.25) is 10.0 Å². The Morgan fingerprint density at radius 3 is 2.38 bits per heavy atom. The normalized spacial score (nSPS) is 13.3. The first-order valence-electron chi connectivity index (χ1n) is 11.4. The number of hydrogen-bond acceptors (Lipinski definition) is 7. The topological polar surface area (TPSA) is 117 Å². The van der Waals surface area contributed by atoms with Crippen LogP contribution in [-0.2, 0) is 22.6 Å². The highest BCUT2D eigenvalue weighted by atomic mass is 35.5. The second-order valence-corrected chi connectivity index (χ2v) is 9.28. The van der Waals surface area contributed by atoms with Gasteiger partial charge < -0.3 is 9.84 Å². The van der Waals surface area contributed by atoms with Crippen molar-refractivity contribution in [1.29, 1.82) is 0 Å². The third-order valence-corrected chi connectivity index (χ3v) is 6.08. The van der Waals surface area contributed by atoms with Crippen LogP contribution in [0.1, 0.15) is 31.6 Å². The third-order valence-electron chi connectivity index (χ3n) is 5.51. The van der Waals surface area contributed by atoms with Gasteiger partial charge in [-0.15, -0.1) is 10.2 Å². The van der Waals surface area contributed by atoms with E-state index in [0.717, 1.165) is 9.25 Å². The Kier molecular flexibility index (Phi) is 8.14. The number of hydrogen-bond donors (Lipinski definition) is 1. The molecule has 0 radical (unpaired) electrons. The molecule has 2 heterocycles. The van der Waals surface area contributed by atoms with Gasteiger partial charge in [-0.2, -0.15) is 13.2 Å². The summed E-state index contributed by atoms with van der Waals surface area (Å²) in [5.41, 5.74) is -0.227. The van der Waals surface area contributed by atoms with E-state index in [1.807, 2.05) is 0 Å². The molecule has 0 amide bonds. The molecule has 206 valence electrons. The van der Waals surface area contributed by atoms with Crippen LogP contribution in [-0.4, -0.2) is 52.5 Å². The minimum atomic E-state index is -4.96. The average molecular weight is 585 g/mol. The van der Waals surface area contributed by atoms with Crippen molar-refractivity contribution in [2.75, 3.05) is 0 Å². The van der Waals surface area contributed by atoms with Crippen LogP contribution in [0.15, 0.2) is 53.3 Å². The van der Waals surface area contributed by atoms with Crippen LogP contribution in [0.5, 0.6) is 0 Å². The van der Waals surface area contributed by atoms with Gasteiger partial charge in [0.25, 0.3) is 0 Å². The standard InChI is InChI=1S/C24H21Cl2F3N6O4/c1-13(39-14(2)36)21-30-20(31-35(21)18-6-4-3-5-17(18)26)12-34-23(38)33(11-19(37)24(27,28)29)22(32-34)15-7-9-16(25)10-8-15/h3-10,13,19,37H,11-12H2,1-2H3/t13?,19-/m0/s1. The number of rotatable bonds is 8. The second-order valence-electron chi connectivity index (χ2n) is 8.44. The predicted octanol–water partition coefficient (Wildman–Crippen LogP) is 4.19. The molecule has 39 heavy (non-hydrogen) atoms. The summed E-state index contributed by atoms with van der Waals surface area (Å²) in [6.45, 7) is 1.36. The summed E-state index contributed by atoms with van der Waals surface area (Å²) in [7, 11) is 0. The Morgan fingerprint density at radius 1 is 1.10 bits per heavy atom. The molecule has 0 fully saturated rings. The maximum absolute atomic E-state index is 13.2. The molecule has 0 aliphatic heterocycles. The van der Waals surface area contributed by atoms with E-state index in [2.05, 4.69) is 15.2 Å². The van der Waals surface area contributed by atoms with Crippen molar-refractivity contribution >= 4 is 29.2 Å². The number of halogens is 5. The van der Waals surface area contributed by atoms with Crippen molar-refractivity contribution in [1.82, 2.24) is 29.1 Å². The highest BCUT2D eigenvalue weighted by Gasteiger charge is 2.39. The molecule has 0 spiro atoms. The first-order chi connectivity index (χ1) is 18.3. The maximum Gasteiger partial charge on any atom is 0.416 e. The fraction of sp³-hybridized carbons (Fsp3) is 0.292. The van der Waals surface area contributed by atoms with Gasteiger partial charge >= 0.3 is 17.8 Å². The molecular formula is C24H21Cl2F3N6O4. The Hall–Kier alpha value is -3.68. The lowest BCUT2D eigenvalue weighted by Crippen LogP contribution is -2.37. The molecule has 0 aliphatic carbocycles. The number of benzene rings is 2. The molecule has 0 saturated heterocycles. The summed E-state index contributed by atoms with van der Waals surface area (Å²) in [5.74, 6) is -0.469. The number of esters is 1. The Labute approximate surface area is 229 Å². The molecule has 0 aliphatic rings. The molecule has 15 heteroatoms. The number of nitrogens with zero attached hydrogens (tertiary/aromatic N) is 6. The largest absolute Gasteiger partial charge is 0.455 e. The zero-order chi connectivity index (χ0) is 28.5. The van der Waals surface area contributed by atoms with Crippen LogP contribution in [0.3, 0.4) is 0 Å². The van der Waals surface area contributed by atoms with Crippen LogP contribution in [0.4, 0.5) is 13.2 Å². The summed E-state index contributed by atoms with van der Waals surface area (Å²) >= 11 is 12.3. The highest BCUT2D eigenvalue weighted by Crippen LogP contribution is 2.26. The fourth-order valence-corrected chi connectivity index (χ4v) is 4.07. The number of aliphatic hydroxyl groups is 1. The first kappa shape index (κ1) is 28.3. The summed E-state index contributed by atoms with van der Waals surface area (Å²) in [6.07, 6.45) is -8.64. The Balaban J connectivity index is 1.79. The van der Waals surface area contributed by atoms with Crippen LogP contribution >= 0.6 is 23.2 Å². The number of para-hydroxylation sites is 1. The summed E-state index contributed by atoms with van der Waals surface area (Å²) in [6, 6.07) is 12.6. The van der Waals surface area contributed by atoms with E-state index >= 15 is 0 Å². The second kappa shape index (κ2) is 11.2. The van der Waals surface area contributed by atoms with E-state index in [9.17, 15) is 27.9 Å². The number of carbonyl (C=O) groups excluding carboxylic acids is 1. The lowest BCUT2D eigenvalue weighted by Gasteiger charge is -2.15. The molecular weight excluding hydrogens is 564 g/mol. The minimum absolute atomic E-state index is 0.0368. The van der Waals surface area contributed by atoms with Crippen LogP contribution < -0.4 is 5.69 Å². The Bertz CT molecular complexity index is 1550. The predicted molar refractivity (Wildman–Crippen MR) is 135 cm³/mol. The summed E-state index contributed by atoms with van der Waals surface area (Å²) in [4.78, 5) is 29.2. The molecule has 2 aromatic heterocycles. The van der Waals surface area contributed by atoms with Gasteiger partial charge in [-0.05, 0) is 43.3 Å². The third kappa shape index (κ3) is 6.32. The molecule has 10 nitrogen and oxygen atoms in total. The molecule has 1 N–H and O–H groups in total. The van der Waals surface area contributed by atoms with Gasteiger partial charge in [-0.25, -0.2) is 19.1 Å². The van der Waals surface area contributed by atoms with Gasteiger partial charge in [0.05, 0.1) is 17.3 Å². The van der Waals surface area contributed by atoms with E-state index in [1.165, 1.54) is 35.9 Å². The van der Waals surface area contributed by atoms with E-state index in [1.54, 1.807) is 31.2 Å². The van der Waals surface area contributed by atoms with Gasteiger partial charge in [0.2, 0.25) is 0 Å². The highest BCUT2D eigenvalue weighted by molar-refractivity contribution is 6.32. The Morgan fingerprint density at radius 2 is 1.77 bits per heavy atom. The quantitative estimate of drug-likeness (QED) is 0.308. The van der Waals surface area contributed by atoms with Crippen molar-refractivity contribution in [3.8, 4) is 17.1 Å². The van der Waals surface area contributed by atoms with E-state index < -0.39 is 36.6 Å². The molecule has 2 aromatic carbocycles. The molecule has 2 atom stereocenters. The van der Waals surface area contributed by atoms with Crippen molar-refractivity contribution in [2.45, 2.75) is 45.3 Å². The molecule has 0 bridgehead atoms. The van der Waals surface area contributed by atoms with E-state index in [-0.39, 0.29) is 24.0 Å². The monoisotopic (exact) mass is 584 g/mol. The molecule has 4 rings (SSSR count). The van der Waals surface area contributed by atoms with E-state index in [4.69, 9.17) is 27.9 Å². The smallest absolute Gasteiger partial charge is 0.416 e. The lowest BCUT2D eigenvalue weighted by molar-refractivity contribution is -0.207. The minimum Gasteiger partial charge on any atom is -0.455 e. The van der Waals surface area contributed by atoms with Gasteiger partial charge in [0.1, 0.15) is 6.54 Å². The number of aliphatic hydroxyl groups excluding tert-OH is 1. The zero-order valence-electron chi connectivity index (χ0n) is 20.4. The summed E-state index contributed by atoms with van der Waals surface area (Å²) < 4.78 is 47.6. The average Bonchev–Trinajstić information content (AvgIpc) is 3.41. The van der Waals surface area contributed by atoms with Gasteiger partial charge in [0, 0.05) is 17.5 Å². The lowest BCUT2D eigenvalue weighted by atomic mass is 10.2. The van der Waals surface area contributed by atoms with Gasteiger partial charge in [-0.1, -0.05) is 35.3 Å². The van der Waals surface area contributed by atoms with Crippen LogP contribution in [0.25, 0.3) is 17.1 Å². The SMILES string of the molecule is CC(=O)OC(C)c1nc(Cn2nc(-c3ccc(Cl)cc3)n(C[C@H](O)C(F)(F)F)c2=O)nn1-c1ccccc1Cl. The number of carbonyl (C=O) groups is 1. The molecule has 0 saturated carbocycles. The number of alkyl halides is 3. The fourth-order valence-electron chi connectivity index (χ4n) is 3.73. The van der Waals surface area contributed by atoms with Crippen LogP contribution in [0, 0.1) is 0 Å². The number of ether oxygens (including phenoxy) is 1. The van der Waals surface area contributed by atoms with Gasteiger partial charge in [-0.3, -0.25) is 9.36 Å². The van der Waals surface area contributed by atoms with Gasteiger partial charge in [0.15, 0.2) is 29.7 Å². The maximum atomic E-state index is 13.2. The van der Waals surface area contributed by atoms with Crippen molar-refractivity contribution in [2.24, 2.45) is 0 Å². The first-order valence-corrected chi connectivity index (χ1v) is 12.2. The van der Waals surface area contributed by atoms with Crippen molar-refractivity contribution in [3.05, 3.63) is 80.7 Å². The molecule has 4 aromatic rings. The zero-order valence-corrected chi connectivity index (χ0v) is 21.9. The summed E-state index contributed by atoms with van der Waals surface area (Å²) in [5, 5.41) is 19.0. The van der Waals surface area contributed by atoms with E-state index in [0.29, 0.717) is 21.3 Å². The van der Waals surface area contributed by atoms with Crippen molar-refractivity contribution in [3.63, 3.8) is 0 Å².